The molecule has 1 aliphatic carbocycles. The van der Waals surface area contributed by atoms with Crippen molar-refractivity contribution in [3.63, 3.8) is 0 Å². The first-order chi connectivity index (χ1) is 11.6. The number of rotatable bonds is 2. The number of anilines is 1. The summed E-state index contributed by atoms with van der Waals surface area (Å²) in [4.78, 5) is 0. The lowest BCUT2D eigenvalue weighted by molar-refractivity contribution is 0.370. The summed E-state index contributed by atoms with van der Waals surface area (Å²) < 4.78 is 5.18. The van der Waals surface area contributed by atoms with Gasteiger partial charge in [0, 0.05) is 11.6 Å². The molecule has 0 saturated heterocycles. The van der Waals surface area contributed by atoms with Gasteiger partial charge in [-0.3, -0.25) is 0 Å². The number of hydrogen-bond donors (Lipinski definition) is 2. The van der Waals surface area contributed by atoms with Crippen LogP contribution in [0.5, 0.6) is 11.5 Å². The summed E-state index contributed by atoms with van der Waals surface area (Å²) in [6.45, 7) is 4.36. The summed E-state index contributed by atoms with van der Waals surface area (Å²) in [6, 6.07) is 10.3. The van der Waals surface area contributed by atoms with E-state index in [-0.39, 0.29) is 11.8 Å². The Morgan fingerprint density at radius 3 is 2.67 bits per heavy atom. The number of methoxy groups -OCH3 is 1. The SMILES string of the molecule is COc1ccc(C2Nc3c(C)ccc(C)c3C3C=CCC32)cc1O. The van der Waals surface area contributed by atoms with Crippen molar-refractivity contribution < 1.29 is 9.84 Å². The summed E-state index contributed by atoms with van der Waals surface area (Å²) in [5.41, 5.74) is 6.42. The Kier molecular flexibility index (Phi) is 3.52. The van der Waals surface area contributed by atoms with Crippen LogP contribution < -0.4 is 10.1 Å². The van der Waals surface area contributed by atoms with Crippen LogP contribution in [-0.2, 0) is 0 Å². The third kappa shape index (κ3) is 2.19. The van der Waals surface area contributed by atoms with Gasteiger partial charge in [-0.2, -0.15) is 0 Å². The molecule has 1 aliphatic heterocycles. The van der Waals surface area contributed by atoms with Crippen LogP contribution >= 0.6 is 0 Å². The molecule has 0 spiro atoms. The molecule has 0 amide bonds. The van der Waals surface area contributed by atoms with Crippen molar-refractivity contribution in [1.82, 2.24) is 0 Å². The molecule has 0 fully saturated rings. The van der Waals surface area contributed by atoms with Gasteiger partial charge in [-0.25, -0.2) is 0 Å². The molecule has 3 heteroatoms. The van der Waals surface area contributed by atoms with E-state index >= 15 is 0 Å². The van der Waals surface area contributed by atoms with E-state index in [1.807, 2.05) is 12.1 Å². The molecule has 124 valence electrons. The third-order valence-corrected chi connectivity index (χ3v) is 5.51. The number of phenols is 1. The third-order valence-electron chi connectivity index (χ3n) is 5.51. The number of fused-ring (bicyclic) bond motifs is 3. The van der Waals surface area contributed by atoms with Crippen LogP contribution in [0.1, 0.15) is 40.6 Å². The van der Waals surface area contributed by atoms with Gasteiger partial charge in [-0.05, 0) is 60.6 Å². The zero-order valence-corrected chi connectivity index (χ0v) is 14.3. The largest absolute Gasteiger partial charge is 0.504 e. The molecule has 3 unspecified atom stereocenters. The topological polar surface area (TPSA) is 41.5 Å². The monoisotopic (exact) mass is 321 g/mol. The Labute approximate surface area is 143 Å². The molecule has 2 aliphatic rings. The number of aryl methyl sites for hydroxylation is 2. The Hall–Kier alpha value is -2.42. The van der Waals surface area contributed by atoms with Crippen molar-refractivity contribution >= 4 is 5.69 Å². The van der Waals surface area contributed by atoms with Crippen molar-refractivity contribution in [2.24, 2.45) is 5.92 Å². The molecule has 3 atom stereocenters. The standard InChI is InChI=1S/C21H23NO2/c1-12-7-8-13(2)20-19(12)15-5-4-6-16(15)21(22-20)14-9-10-18(24-3)17(23)11-14/h4-5,7-11,15-16,21-23H,6H2,1-3H3. The van der Waals surface area contributed by atoms with Crippen molar-refractivity contribution in [2.45, 2.75) is 32.2 Å². The van der Waals surface area contributed by atoms with E-state index < -0.39 is 0 Å². The molecule has 0 saturated carbocycles. The fourth-order valence-corrected chi connectivity index (χ4v) is 4.27. The normalized spacial score (nSPS) is 24.2. The van der Waals surface area contributed by atoms with Gasteiger partial charge in [0.05, 0.1) is 13.2 Å². The second kappa shape index (κ2) is 5.59. The van der Waals surface area contributed by atoms with Crippen LogP contribution in [0.4, 0.5) is 5.69 Å². The van der Waals surface area contributed by atoms with E-state index in [2.05, 4.69) is 49.5 Å². The number of phenolic OH excluding ortho intramolecular Hbond substituents is 1. The maximum Gasteiger partial charge on any atom is 0.160 e. The predicted octanol–water partition coefficient (Wildman–Crippen LogP) is 4.84. The highest BCUT2D eigenvalue weighted by molar-refractivity contribution is 5.66. The van der Waals surface area contributed by atoms with Gasteiger partial charge >= 0.3 is 0 Å². The molecule has 0 radical (unpaired) electrons. The van der Waals surface area contributed by atoms with Crippen LogP contribution in [0.15, 0.2) is 42.5 Å². The van der Waals surface area contributed by atoms with Crippen LogP contribution in [0.25, 0.3) is 0 Å². The molecule has 2 N–H and O–H groups in total. The molecule has 24 heavy (non-hydrogen) atoms. The van der Waals surface area contributed by atoms with E-state index in [0.717, 1.165) is 12.0 Å². The number of nitrogens with one attached hydrogen (secondary N) is 1. The van der Waals surface area contributed by atoms with E-state index in [4.69, 9.17) is 4.74 Å². The first-order valence-corrected chi connectivity index (χ1v) is 8.50. The first-order valence-electron chi connectivity index (χ1n) is 8.50. The lowest BCUT2D eigenvalue weighted by Gasteiger charge is -2.39. The number of allylic oxidation sites excluding steroid dienone is 2. The fourth-order valence-electron chi connectivity index (χ4n) is 4.27. The van der Waals surface area contributed by atoms with Gasteiger partial charge in [-0.1, -0.05) is 30.4 Å². The van der Waals surface area contributed by atoms with Crippen LogP contribution in [0, 0.1) is 19.8 Å². The van der Waals surface area contributed by atoms with Crippen molar-refractivity contribution in [1.29, 1.82) is 0 Å². The average molecular weight is 321 g/mol. The summed E-state index contributed by atoms with van der Waals surface area (Å²) in [5, 5.41) is 14.0. The minimum absolute atomic E-state index is 0.190. The van der Waals surface area contributed by atoms with Crippen molar-refractivity contribution in [3.8, 4) is 11.5 Å². The number of benzene rings is 2. The molecule has 4 rings (SSSR count). The van der Waals surface area contributed by atoms with Gasteiger partial charge in [0.1, 0.15) is 0 Å². The van der Waals surface area contributed by atoms with Crippen LogP contribution in [0.3, 0.4) is 0 Å². The van der Waals surface area contributed by atoms with Gasteiger partial charge in [0.25, 0.3) is 0 Å². The van der Waals surface area contributed by atoms with Crippen LogP contribution in [-0.4, -0.2) is 12.2 Å². The summed E-state index contributed by atoms with van der Waals surface area (Å²) in [5.74, 6) is 1.63. The number of hydrogen-bond acceptors (Lipinski definition) is 3. The van der Waals surface area contributed by atoms with Gasteiger partial charge in [-0.15, -0.1) is 0 Å². The maximum absolute atomic E-state index is 10.2. The Bertz CT molecular complexity index is 825. The lowest BCUT2D eigenvalue weighted by atomic mass is 9.75. The summed E-state index contributed by atoms with van der Waals surface area (Å²) in [7, 11) is 1.58. The number of ether oxygens (including phenoxy) is 1. The Morgan fingerprint density at radius 2 is 1.92 bits per heavy atom. The Morgan fingerprint density at radius 1 is 1.12 bits per heavy atom. The minimum atomic E-state index is 0.190. The van der Waals surface area contributed by atoms with Gasteiger partial charge in [0.15, 0.2) is 11.5 Å². The first kappa shape index (κ1) is 15.1. The molecular formula is C21H23NO2. The second-order valence-corrected chi connectivity index (χ2v) is 6.89. The molecule has 2 aromatic carbocycles. The summed E-state index contributed by atoms with van der Waals surface area (Å²) >= 11 is 0. The van der Waals surface area contributed by atoms with Crippen LogP contribution in [0.2, 0.25) is 0 Å². The predicted molar refractivity (Wildman–Crippen MR) is 96.9 cm³/mol. The molecule has 2 aromatic rings. The van der Waals surface area contributed by atoms with Crippen molar-refractivity contribution in [3.05, 3.63) is 64.7 Å². The number of aromatic hydroxyl groups is 1. The molecule has 1 heterocycles. The minimum Gasteiger partial charge on any atom is -0.504 e. The van der Waals surface area contributed by atoms with Crippen molar-refractivity contribution in [2.75, 3.05) is 12.4 Å². The van der Waals surface area contributed by atoms with Gasteiger partial charge < -0.3 is 15.2 Å². The highest BCUT2D eigenvalue weighted by atomic mass is 16.5. The van der Waals surface area contributed by atoms with E-state index in [1.165, 1.54) is 22.4 Å². The quantitative estimate of drug-likeness (QED) is 0.777. The Balaban J connectivity index is 1.81. The molecule has 0 aromatic heterocycles. The summed E-state index contributed by atoms with van der Waals surface area (Å²) in [6.07, 6.45) is 5.71. The van der Waals surface area contributed by atoms with E-state index in [1.54, 1.807) is 7.11 Å². The highest BCUT2D eigenvalue weighted by Gasteiger charge is 2.39. The highest BCUT2D eigenvalue weighted by Crippen LogP contribution is 2.52. The second-order valence-electron chi connectivity index (χ2n) is 6.89. The molecular weight excluding hydrogens is 298 g/mol. The smallest absolute Gasteiger partial charge is 0.160 e. The fraction of sp³-hybridized carbons (Fsp3) is 0.333. The maximum atomic E-state index is 10.2. The molecule has 0 bridgehead atoms. The zero-order valence-electron chi connectivity index (χ0n) is 14.3. The van der Waals surface area contributed by atoms with E-state index in [9.17, 15) is 5.11 Å². The lowest BCUT2D eigenvalue weighted by Crippen LogP contribution is -2.30. The van der Waals surface area contributed by atoms with Gasteiger partial charge in [0.2, 0.25) is 0 Å². The average Bonchev–Trinajstić information content (AvgIpc) is 3.06. The zero-order chi connectivity index (χ0) is 16.8. The molecule has 3 nitrogen and oxygen atoms in total. The van der Waals surface area contributed by atoms with E-state index in [0.29, 0.717) is 17.6 Å².